The molecule has 1 fully saturated rings. The van der Waals surface area contributed by atoms with E-state index in [0.29, 0.717) is 11.4 Å². The molecule has 6 nitrogen and oxygen atoms in total. The number of hydrazone groups is 1. The van der Waals surface area contributed by atoms with Crippen molar-refractivity contribution in [2.45, 2.75) is 25.3 Å². The molecule has 1 atom stereocenters. The standard InChI is InChI=1S/C21H23ClN4O2/c1-24-11-3-4-18(24)17-12-19(14-7-9-16(22)10-8-14)26(23-17)20(27)13-25(2)21(28)15-5-6-15/h3-4,7-11,15,19H,5-6,12-13H2,1-2H3/t19-/m0/s1. The van der Waals surface area contributed by atoms with Crippen LogP contribution in [-0.2, 0) is 16.6 Å². The van der Waals surface area contributed by atoms with Crippen LogP contribution in [0.15, 0.2) is 47.7 Å². The highest BCUT2D eigenvalue weighted by atomic mass is 35.5. The minimum absolute atomic E-state index is 0.0311. The maximum absolute atomic E-state index is 13.0. The fraction of sp³-hybridized carbons (Fsp3) is 0.381. The van der Waals surface area contributed by atoms with Crippen molar-refractivity contribution < 1.29 is 9.59 Å². The maximum atomic E-state index is 13.0. The van der Waals surface area contributed by atoms with Gasteiger partial charge < -0.3 is 9.47 Å². The van der Waals surface area contributed by atoms with Gasteiger partial charge in [-0.1, -0.05) is 23.7 Å². The van der Waals surface area contributed by atoms with Crippen LogP contribution in [0, 0.1) is 5.92 Å². The maximum Gasteiger partial charge on any atom is 0.262 e. The van der Waals surface area contributed by atoms with Crippen molar-refractivity contribution in [3.05, 3.63) is 58.9 Å². The molecular formula is C21H23ClN4O2. The number of aromatic nitrogens is 1. The number of halogens is 1. The molecule has 0 bridgehead atoms. The quantitative estimate of drug-likeness (QED) is 0.776. The van der Waals surface area contributed by atoms with Crippen molar-refractivity contribution in [3.63, 3.8) is 0 Å². The lowest BCUT2D eigenvalue weighted by Gasteiger charge is -2.25. The third-order valence-electron chi connectivity index (χ3n) is 5.34. The predicted molar refractivity (Wildman–Crippen MR) is 108 cm³/mol. The average Bonchev–Trinajstić information content (AvgIpc) is 3.29. The lowest BCUT2D eigenvalue weighted by atomic mass is 10.0. The molecule has 2 aromatic rings. The first-order valence-corrected chi connectivity index (χ1v) is 9.83. The van der Waals surface area contributed by atoms with Gasteiger partial charge in [0, 0.05) is 37.7 Å². The summed E-state index contributed by atoms with van der Waals surface area (Å²) in [5, 5.41) is 6.83. The van der Waals surface area contributed by atoms with E-state index in [1.165, 1.54) is 9.91 Å². The van der Waals surface area contributed by atoms with Gasteiger partial charge in [0.1, 0.15) is 6.54 Å². The molecule has 146 valence electrons. The van der Waals surface area contributed by atoms with Crippen molar-refractivity contribution in [2.24, 2.45) is 18.1 Å². The predicted octanol–water partition coefficient (Wildman–Crippen LogP) is 3.22. The third-order valence-corrected chi connectivity index (χ3v) is 5.59. The van der Waals surface area contributed by atoms with E-state index in [2.05, 4.69) is 5.10 Å². The van der Waals surface area contributed by atoms with E-state index < -0.39 is 0 Å². The second-order valence-corrected chi connectivity index (χ2v) is 7.97. The van der Waals surface area contributed by atoms with Crippen LogP contribution < -0.4 is 0 Å². The Morgan fingerprint density at radius 3 is 2.54 bits per heavy atom. The summed E-state index contributed by atoms with van der Waals surface area (Å²) in [7, 11) is 3.65. The van der Waals surface area contributed by atoms with Crippen molar-refractivity contribution in [2.75, 3.05) is 13.6 Å². The molecule has 28 heavy (non-hydrogen) atoms. The molecule has 7 heteroatoms. The Hall–Kier alpha value is -2.60. The zero-order valence-electron chi connectivity index (χ0n) is 16.0. The smallest absolute Gasteiger partial charge is 0.262 e. The van der Waals surface area contributed by atoms with Crippen LogP contribution in [0.2, 0.25) is 5.02 Å². The Labute approximate surface area is 169 Å². The van der Waals surface area contributed by atoms with Crippen molar-refractivity contribution >= 4 is 29.1 Å². The third kappa shape index (κ3) is 3.69. The molecule has 1 aliphatic heterocycles. The second-order valence-electron chi connectivity index (χ2n) is 7.53. The fourth-order valence-corrected chi connectivity index (χ4v) is 3.72. The Kier molecular flexibility index (Phi) is 4.98. The summed E-state index contributed by atoms with van der Waals surface area (Å²) in [6, 6.07) is 11.2. The number of hydrogen-bond donors (Lipinski definition) is 0. The molecule has 1 aromatic heterocycles. The molecule has 1 aliphatic carbocycles. The number of nitrogens with zero attached hydrogens (tertiary/aromatic N) is 4. The molecule has 1 saturated carbocycles. The number of carbonyl (C=O) groups is 2. The molecule has 0 N–H and O–H groups in total. The first kappa shape index (κ1) is 18.7. The molecule has 2 aliphatic rings. The van der Waals surface area contributed by atoms with E-state index in [9.17, 15) is 9.59 Å². The highest BCUT2D eigenvalue weighted by Gasteiger charge is 2.36. The first-order chi connectivity index (χ1) is 13.4. The van der Waals surface area contributed by atoms with Crippen LogP contribution in [0.1, 0.15) is 36.6 Å². The first-order valence-electron chi connectivity index (χ1n) is 9.45. The van der Waals surface area contributed by atoms with Crippen LogP contribution in [0.3, 0.4) is 0 Å². The topological polar surface area (TPSA) is 57.9 Å². The summed E-state index contributed by atoms with van der Waals surface area (Å²) in [5.41, 5.74) is 2.82. The molecule has 0 spiro atoms. The second kappa shape index (κ2) is 7.43. The lowest BCUT2D eigenvalue weighted by Crippen LogP contribution is -2.39. The summed E-state index contributed by atoms with van der Waals surface area (Å²) >= 11 is 6.03. The Morgan fingerprint density at radius 2 is 1.93 bits per heavy atom. The molecule has 2 amide bonds. The van der Waals surface area contributed by atoms with Crippen LogP contribution >= 0.6 is 11.6 Å². The Morgan fingerprint density at radius 1 is 1.21 bits per heavy atom. The number of rotatable bonds is 5. The van der Waals surface area contributed by atoms with E-state index in [-0.39, 0.29) is 30.3 Å². The monoisotopic (exact) mass is 398 g/mol. The number of hydrogen-bond acceptors (Lipinski definition) is 3. The van der Waals surface area contributed by atoms with Gasteiger partial charge in [-0.25, -0.2) is 5.01 Å². The van der Waals surface area contributed by atoms with Gasteiger partial charge in [-0.3, -0.25) is 9.59 Å². The summed E-state index contributed by atoms with van der Waals surface area (Å²) in [6.45, 7) is 0.0311. The number of carbonyl (C=O) groups excluding carboxylic acids is 2. The molecule has 0 unspecified atom stereocenters. The molecular weight excluding hydrogens is 376 g/mol. The van der Waals surface area contributed by atoms with Gasteiger partial charge in [0.25, 0.3) is 5.91 Å². The van der Waals surface area contributed by atoms with E-state index >= 15 is 0 Å². The van der Waals surface area contributed by atoms with E-state index in [1.807, 2.05) is 54.2 Å². The van der Waals surface area contributed by atoms with Gasteiger partial charge in [0.05, 0.1) is 17.4 Å². The highest BCUT2D eigenvalue weighted by molar-refractivity contribution is 6.30. The molecule has 1 aromatic carbocycles. The van der Waals surface area contributed by atoms with E-state index in [0.717, 1.165) is 29.8 Å². The number of aryl methyl sites for hydroxylation is 1. The van der Waals surface area contributed by atoms with E-state index in [4.69, 9.17) is 11.6 Å². The van der Waals surface area contributed by atoms with Crippen molar-refractivity contribution in [3.8, 4) is 0 Å². The highest BCUT2D eigenvalue weighted by Crippen LogP contribution is 2.34. The van der Waals surface area contributed by atoms with Crippen LogP contribution in [-0.4, -0.2) is 45.6 Å². The van der Waals surface area contributed by atoms with E-state index in [1.54, 1.807) is 7.05 Å². The van der Waals surface area contributed by atoms with Gasteiger partial charge in [-0.05, 0) is 42.7 Å². The summed E-state index contributed by atoms with van der Waals surface area (Å²) in [6.07, 6.45) is 4.42. The number of amides is 2. The van der Waals surface area contributed by atoms with Crippen LogP contribution in [0.25, 0.3) is 0 Å². The average molecular weight is 399 g/mol. The minimum atomic E-state index is -0.209. The molecule has 0 radical (unpaired) electrons. The van der Waals surface area contributed by atoms with Gasteiger partial charge >= 0.3 is 0 Å². The van der Waals surface area contributed by atoms with Gasteiger partial charge in [-0.15, -0.1) is 0 Å². The number of likely N-dealkylation sites (N-methyl/N-ethyl adjacent to an activating group) is 1. The Balaban J connectivity index is 1.59. The fourth-order valence-electron chi connectivity index (χ4n) is 3.60. The zero-order valence-corrected chi connectivity index (χ0v) is 16.8. The van der Waals surface area contributed by atoms with Gasteiger partial charge in [-0.2, -0.15) is 5.10 Å². The summed E-state index contributed by atoms with van der Waals surface area (Å²) in [5.74, 6) is -0.0474. The SMILES string of the molecule is CN(CC(=O)N1N=C(c2cccn2C)C[C@H]1c1ccc(Cl)cc1)C(=O)C1CC1. The summed E-state index contributed by atoms with van der Waals surface area (Å²) < 4.78 is 1.99. The normalized spacial score (nSPS) is 18.9. The van der Waals surface area contributed by atoms with Crippen LogP contribution in [0.5, 0.6) is 0 Å². The largest absolute Gasteiger partial charge is 0.350 e. The van der Waals surface area contributed by atoms with Gasteiger partial charge in [0.15, 0.2) is 0 Å². The lowest BCUT2D eigenvalue weighted by molar-refractivity contribution is -0.141. The molecule has 0 saturated heterocycles. The van der Waals surface area contributed by atoms with Crippen LogP contribution in [0.4, 0.5) is 0 Å². The minimum Gasteiger partial charge on any atom is -0.350 e. The number of benzene rings is 1. The Bertz CT molecular complexity index is 930. The van der Waals surface area contributed by atoms with Gasteiger partial charge in [0.2, 0.25) is 5.91 Å². The molecule has 2 heterocycles. The summed E-state index contributed by atoms with van der Waals surface area (Å²) in [4.78, 5) is 26.8. The molecule has 4 rings (SSSR count). The zero-order chi connectivity index (χ0) is 19.8. The van der Waals surface area contributed by atoms with Crippen molar-refractivity contribution in [1.82, 2.24) is 14.5 Å². The van der Waals surface area contributed by atoms with Crippen molar-refractivity contribution in [1.29, 1.82) is 0 Å².